The second-order valence-corrected chi connectivity index (χ2v) is 4.22. The van der Waals surface area contributed by atoms with Crippen LogP contribution in [0.3, 0.4) is 0 Å². The zero-order chi connectivity index (χ0) is 14.5. The van der Waals surface area contributed by atoms with E-state index in [0.717, 1.165) is 11.4 Å². The quantitative estimate of drug-likeness (QED) is 0.893. The van der Waals surface area contributed by atoms with E-state index in [1.165, 1.54) is 12.3 Å². The number of halogens is 1. The molecule has 0 unspecified atom stereocenters. The Morgan fingerprint density at radius 1 is 1.35 bits per heavy atom. The summed E-state index contributed by atoms with van der Waals surface area (Å²) in [5, 5.41) is 5.23. The van der Waals surface area contributed by atoms with Gasteiger partial charge in [0, 0.05) is 18.9 Å². The van der Waals surface area contributed by atoms with Crippen LogP contribution in [-0.2, 0) is 6.54 Å². The fraction of sp³-hybridized carbons (Fsp3) is 0.214. The Morgan fingerprint density at radius 2 is 2.15 bits per heavy atom. The maximum absolute atomic E-state index is 13.9. The summed E-state index contributed by atoms with van der Waals surface area (Å²) in [7, 11) is 1.55. The molecule has 0 radical (unpaired) electrons. The summed E-state index contributed by atoms with van der Waals surface area (Å²) in [5.41, 5.74) is 1.54. The van der Waals surface area contributed by atoms with E-state index in [2.05, 4.69) is 20.6 Å². The van der Waals surface area contributed by atoms with Gasteiger partial charge in [0.05, 0.1) is 17.8 Å². The van der Waals surface area contributed by atoms with E-state index in [1.807, 2.05) is 19.1 Å². The largest absolute Gasteiger partial charge is 0.371 e. The van der Waals surface area contributed by atoms with E-state index in [-0.39, 0.29) is 17.9 Å². The second-order valence-electron chi connectivity index (χ2n) is 4.22. The number of rotatable bonds is 4. The van der Waals surface area contributed by atoms with E-state index in [9.17, 15) is 9.18 Å². The van der Waals surface area contributed by atoms with Crippen LogP contribution < -0.4 is 10.6 Å². The lowest BCUT2D eigenvalue weighted by Gasteiger charge is -2.08. The minimum Gasteiger partial charge on any atom is -0.371 e. The number of anilines is 1. The molecule has 6 heteroatoms. The minimum absolute atomic E-state index is 0.0444. The van der Waals surface area contributed by atoms with Crippen molar-refractivity contribution in [2.75, 3.05) is 12.4 Å². The first kappa shape index (κ1) is 13.9. The van der Waals surface area contributed by atoms with E-state index in [4.69, 9.17) is 0 Å². The van der Waals surface area contributed by atoms with Crippen LogP contribution in [0.2, 0.25) is 0 Å². The van der Waals surface area contributed by atoms with Gasteiger partial charge in [-0.1, -0.05) is 6.07 Å². The molecule has 0 aliphatic heterocycles. The molecule has 20 heavy (non-hydrogen) atoms. The molecule has 5 nitrogen and oxygen atoms in total. The van der Waals surface area contributed by atoms with Gasteiger partial charge in [-0.05, 0) is 25.1 Å². The molecule has 1 amide bonds. The number of pyridine rings is 2. The number of hydrogen-bond donors (Lipinski definition) is 2. The van der Waals surface area contributed by atoms with Crippen molar-refractivity contribution >= 4 is 11.7 Å². The lowest BCUT2D eigenvalue weighted by Crippen LogP contribution is -2.24. The van der Waals surface area contributed by atoms with Crippen molar-refractivity contribution in [2.45, 2.75) is 13.5 Å². The molecule has 2 rings (SSSR count). The first-order valence-corrected chi connectivity index (χ1v) is 6.15. The normalized spacial score (nSPS) is 10.2. The summed E-state index contributed by atoms with van der Waals surface area (Å²) in [6.07, 6.45) is 1.38. The fourth-order valence-corrected chi connectivity index (χ4v) is 1.76. The average molecular weight is 274 g/mol. The number of aryl methyl sites for hydroxylation is 1. The molecule has 2 aromatic rings. The topological polar surface area (TPSA) is 66.9 Å². The van der Waals surface area contributed by atoms with Crippen molar-refractivity contribution in [3.05, 3.63) is 53.2 Å². The van der Waals surface area contributed by atoms with Gasteiger partial charge in [-0.25, -0.2) is 9.37 Å². The van der Waals surface area contributed by atoms with E-state index in [1.54, 1.807) is 13.1 Å². The molecule has 0 saturated carbocycles. The Balaban J connectivity index is 2.09. The summed E-state index contributed by atoms with van der Waals surface area (Å²) in [6.45, 7) is 2.12. The van der Waals surface area contributed by atoms with Gasteiger partial charge in [-0.15, -0.1) is 0 Å². The molecular formula is C14H15FN4O. The van der Waals surface area contributed by atoms with E-state index < -0.39 is 11.7 Å². The molecule has 0 aliphatic rings. The van der Waals surface area contributed by atoms with Crippen molar-refractivity contribution in [2.24, 2.45) is 0 Å². The number of nitrogens with zero attached hydrogens (tertiary/aromatic N) is 2. The lowest BCUT2D eigenvalue weighted by molar-refractivity contribution is 0.0946. The monoisotopic (exact) mass is 274 g/mol. The van der Waals surface area contributed by atoms with Gasteiger partial charge in [0.25, 0.3) is 5.91 Å². The first-order valence-electron chi connectivity index (χ1n) is 6.15. The molecule has 0 aliphatic carbocycles. The Kier molecular flexibility index (Phi) is 4.24. The highest BCUT2D eigenvalue weighted by Gasteiger charge is 2.15. The molecule has 0 atom stereocenters. The van der Waals surface area contributed by atoms with Crippen LogP contribution in [0, 0.1) is 12.7 Å². The molecule has 2 heterocycles. The van der Waals surface area contributed by atoms with Crippen molar-refractivity contribution < 1.29 is 9.18 Å². The van der Waals surface area contributed by atoms with Gasteiger partial charge in [0.1, 0.15) is 0 Å². The Hall–Kier alpha value is -2.50. The zero-order valence-corrected chi connectivity index (χ0v) is 11.3. The molecule has 2 N–H and O–H groups in total. The summed E-state index contributed by atoms with van der Waals surface area (Å²) in [6, 6.07) is 6.87. The van der Waals surface area contributed by atoms with Gasteiger partial charge >= 0.3 is 0 Å². The van der Waals surface area contributed by atoms with Gasteiger partial charge < -0.3 is 10.6 Å². The molecule has 104 valence electrons. The van der Waals surface area contributed by atoms with Crippen LogP contribution >= 0.6 is 0 Å². The third-order valence-corrected chi connectivity index (χ3v) is 2.75. The van der Waals surface area contributed by atoms with Gasteiger partial charge in [0.2, 0.25) is 0 Å². The highest BCUT2D eigenvalue weighted by atomic mass is 19.1. The minimum atomic E-state index is -0.662. The highest BCUT2D eigenvalue weighted by molar-refractivity contribution is 5.95. The van der Waals surface area contributed by atoms with Crippen LogP contribution in [-0.4, -0.2) is 22.9 Å². The fourth-order valence-electron chi connectivity index (χ4n) is 1.76. The Bertz CT molecular complexity index is 630. The van der Waals surface area contributed by atoms with Crippen LogP contribution in [0.15, 0.2) is 30.5 Å². The smallest absolute Gasteiger partial charge is 0.254 e. The van der Waals surface area contributed by atoms with Crippen molar-refractivity contribution in [3.8, 4) is 0 Å². The van der Waals surface area contributed by atoms with Crippen LogP contribution in [0.4, 0.5) is 10.2 Å². The maximum Gasteiger partial charge on any atom is 0.254 e. The van der Waals surface area contributed by atoms with E-state index in [0.29, 0.717) is 0 Å². The number of nitrogens with one attached hydrogen (secondary N) is 2. The number of aromatic nitrogens is 2. The number of hydrogen-bond acceptors (Lipinski definition) is 4. The summed E-state index contributed by atoms with van der Waals surface area (Å²) in [4.78, 5) is 20.0. The first-order chi connectivity index (χ1) is 9.61. The molecule has 0 saturated heterocycles. The Morgan fingerprint density at radius 3 is 2.85 bits per heavy atom. The van der Waals surface area contributed by atoms with Crippen molar-refractivity contribution in [1.82, 2.24) is 15.3 Å². The SMILES string of the molecule is CNc1nccc(C(=O)NCc2cccc(C)n2)c1F. The zero-order valence-electron chi connectivity index (χ0n) is 11.3. The molecule has 0 spiro atoms. The highest BCUT2D eigenvalue weighted by Crippen LogP contribution is 2.14. The standard InChI is InChI=1S/C14H15FN4O/c1-9-4-3-5-10(19-9)8-18-14(20)11-6-7-17-13(16-2)12(11)15/h3-7H,8H2,1-2H3,(H,16,17)(H,18,20). The molecule has 0 fully saturated rings. The van der Waals surface area contributed by atoms with E-state index >= 15 is 0 Å². The van der Waals surface area contributed by atoms with Crippen molar-refractivity contribution in [1.29, 1.82) is 0 Å². The van der Waals surface area contributed by atoms with Gasteiger partial charge in [-0.2, -0.15) is 0 Å². The number of carbonyl (C=O) groups is 1. The number of amides is 1. The second kappa shape index (κ2) is 6.10. The van der Waals surface area contributed by atoms with Gasteiger partial charge in [-0.3, -0.25) is 9.78 Å². The third kappa shape index (κ3) is 3.09. The summed E-state index contributed by atoms with van der Waals surface area (Å²) >= 11 is 0. The lowest BCUT2D eigenvalue weighted by atomic mass is 10.2. The van der Waals surface area contributed by atoms with Crippen molar-refractivity contribution in [3.63, 3.8) is 0 Å². The summed E-state index contributed by atoms with van der Waals surface area (Å²) in [5.74, 6) is -1.11. The molecule has 2 aromatic heterocycles. The third-order valence-electron chi connectivity index (χ3n) is 2.75. The predicted octanol–water partition coefficient (Wildman–Crippen LogP) is 1.90. The van der Waals surface area contributed by atoms with Crippen LogP contribution in [0.5, 0.6) is 0 Å². The number of carbonyl (C=O) groups excluding carboxylic acids is 1. The molecule has 0 bridgehead atoms. The summed E-state index contributed by atoms with van der Waals surface area (Å²) < 4.78 is 13.9. The molecule has 0 aromatic carbocycles. The Labute approximate surface area is 116 Å². The predicted molar refractivity (Wildman–Crippen MR) is 73.9 cm³/mol. The average Bonchev–Trinajstić information content (AvgIpc) is 2.45. The van der Waals surface area contributed by atoms with Gasteiger partial charge in [0.15, 0.2) is 11.6 Å². The van der Waals surface area contributed by atoms with Crippen LogP contribution in [0.1, 0.15) is 21.7 Å². The molecular weight excluding hydrogens is 259 g/mol. The maximum atomic E-state index is 13.9. The van der Waals surface area contributed by atoms with Crippen LogP contribution in [0.25, 0.3) is 0 Å².